The van der Waals surface area contributed by atoms with Crippen molar-refractivity contribution in [3.05, 3.63) is 0 Å². The maximum Gasteiger partial charge on any atom is 0.407 e. The Balaban J connectivity index is 1.63. The van der Waals surface area contributed by atoms with E-state index in [1.54, 1.807) is 0 Å². The fraction of sp³-hybridized carbons (Fsp3) is 0.889. The number of alkyl carbamates (subject to hydrolysis) is 1. The zero-order valence-electron chi connectivity index (χ0n) is 15.8. The summed E-state index contributed by atoms with van der Waals surface area (Å²) in [4.78, 5) is 27.0. The molecule has 0 aromatic carbocycles. The Kier molecular flexibility index (Phi) is 7.07. The fourth-order valence-electron chi connectivity index (χ4n) is 3.65. The molecule has 1 aliphatic carbocycles. The SMILES string of the molecule is CC(C)(C)OC(=O)NC1CCC(CN2CCN(CC(=O)O)CC2)CC1. The van der Waals surface area contributed by atoms with Gasteiger partial charge in [-0.05, 0) is 52.4 Å². The zero-order valence-corrected chi connectivity index (χ0v) is 15.8. The maximum absolute atomic E-state index is 11.8. The Morgan fingerprint density at radius 2 is 1.60 bits per heavy atom. The van der Waals surface area contributed by atoms with E-state index in [-0.39, 0.29) is 18.7 Å². The average Bonchev–Trinajstić information content (AvgIpc) is 2.49. The van der Waals surface area contributed by atoms with E-state index < -0.39 is 11.6 Å². The summed E-state index contributed by atoms with van der Waals surface area (Å²) in [5.74, 6) is -0.0769. The van der Waals surface area contributed by atoms with Gasteiger partial charge in [-0.25, -0.2) is 4.79 Å². The second-order valence-corrected chi connectivity index (χ2v) is 8.33. The van der Waals surface area contributed by atoms with Gasteiger partial charge >= 0.3 is 12.1 Å². The Hall–Kier alpha value is -1.34. The second-order valence-electron chi connectivity index (χ2n) is 8.33. The second kappa shape index (κ2) is 8.85. The molecule has 1 aliphatic heterocycles. The highest BCUT2D eigenvalue weighted by atomic mass is 16.6. The van der Waals surface area contributed by atoms with Crippen LogP contribution in [-0.2, 0) is 9.53 Å². The summed E-state index contributed by atoms with van der Waals surface area (Å²) in [5, 5.41) is 11.8. The first-order chi connectivity index (χ1) is 11.7. The lowest BCUT2D eigenvalue weighted by Gasteiger charge is -2.37. The number of aliphatic carboxylic acids is 1. The molecule has 2 N–H and O–H groups in total. The van der Waals surface area contributed by atoms with Gasteiger partial charge in [0.15, 0.2) is 0 Å². The van der Waals surface area contributed by atoms with Gasteiger partial charge in [0.25, 0.3) is 0 Å². The van der Waals surface area contributed by atoms with Crippen LogP contribution in [0.2, 0.25) is 0 Å². The van der Waals surface area contributed by atoms with Crippen molar-refractivity contribution in [2.45, 2.75) is 58.1 Å². The molecule has 1 heterocycles. The van der Waals surface area contributed by atoms with E-state index in [2.05, 4.69) is 10.2 Å². The molecule has 2 fully saturated rings. The molecule has 25 heavy (non-hydrogen) atoms. The number of piperazine rings is 1. The van der Waals surface area contributed by atoms with E-state index in [9.17, 15) is 9.59 Å². The number of amides is 1. The standard InChI is InChI=1S/C18H33N3O4/c1-18(2,3)25-17(24)19-15-6-4-14(5-7-15)12-20-8-10-21(11-9-20)13-16(22)23/h14-15H,4-13H2,1-3H3,(H,19,24)(H,22,23). The van der Waals surface area contributed by atoms with Gasteiger partial charge < -0.3 is 20.1 Å². The van der Waals surface area contributed by atoms with Crippen molar-refractivity contribution in [2.75, 3.05) is 39.3 Å². The quantitative estimate of drug-likeness (QED) is 0.782. The number of hydrogen-bond donors (Lipinski definition) is 2. The first-order valence-electron chi connectivity index (χ1n) is 9.37. The molecular formula is C18H33N3O4. The van der Waals surface area contributed by atoms with E-state index >= 15 is 0 Å². The Labute approximate surface area is 150 Å². The van der Waals surface area contributed by atoms with Crippen LogP contribution in [0, 0.1) is 5.92 Å². The number of carboxylic acids is 1. The van der Waals surface area contributed by atoms with Gasteiger partial charge in [-0.3, -0.25) is 9.69 Å². The number of nitrogens with one attached hydrogen (secondary N) is 1. The third-order valence-electron chi connectivity index (χ3n) is 4.91. The number of carbonyl (C=O) groups is 2. The summed E-state index contributed by atoms with van der Waals surface area (Å²) in [6.07, 6.45) is 3.93. The monoisotopic (exact) mass is 355 g/mol. The lowest BCUT2D eigenvalue weighted by atomic mass is 9.85. The minimum Gasteiger partial charge on any atom is -0.480 e. The topological polar surface area (TPSA) is 82.1 Å². The smallest absolute Gasteiger partial charge is 0.407 e. The molecule has 0 atom stereocenters. The first-order valence-corrected chi connectivity index (χ1v) is 9.37. The predicted molar refractivity (Wildman–Crippen MR) is 95.6 cm³/mol. The normalized spacial score (nSPS) is 26.2. The first kappa shape index (κ1) is 20.0. The maximum atomic E-state index is 11.8. The third kappa shape index (κ3) is 7.61. The lowest BCUT2D eigenvalue weighted by Crippen LogP contribution is -2.49. The molecular weight excluding hydrogens is 322 g/mol. The zero-order chi connectivity index (χ0) is 18.4. The molecule has 2 aliphatic rings. The van der Waals surface area contributed by atoms with E-state index in [1.807, 2.05) is 25.7 Å². The summed E-state index contributed by atoms with van der Waals surface area (Å²) < 4.78 is 5.32. The van der Waals surface area contributed by atoms with Crippen LogP contribution in [0.5, 0.6) is 0 Å². The van der Waals surface area contributed by atoms with E-state index in [4.69, 9.17) is 9.84 Å². The number of carboxylic acid groups (broad SMARTS) is 1. The Morgan fingerprint density at radius 3 is 2.12 bits per heavy atom. The minimum atomic E-state index is -0.746. The molecule has 0 aromatic heterocycles. The lowest BCUT2D eigenvalue weighted by molar-refractivity contribution is -0.138. The largest absolute Gasteiger partial charge is 0.480 e. The van der Waals surface area contributed by atoms with Crippen molar-refractivity contribution < 1.29 is 19.4 Å². The molecule has 2 rings (SSSR count). The average molecular weight is 355 g/mol. The van der Waals surface area contributed by atoms with Gasteiger partial charge in [0.2, 0.25) is 0 Å². The molecule has 7 heteroatoms. The molecule has 0 spiro atoms. The summed E-state index contributed by atoms with van der Waals surface area (Å²) in [5.41, 5.74) is -0.454. The van der Waals surface area contributed by atoms with Crippen LogP contribution in [0.15, 0.2) is 0 Å². The summed E-state index contributed by atoms with van der Waals surface area (Å²) >= 11 is 0. The third-order valence-corrected chi connectivity index (χ3v) is 4.91. The van der Waals surface area contributed by atoms with E-state index in [0.29, 0.717) is 5.92 Å². The van der Waals surface area contributed by atoms with Crippen LogP contribution in [-0.4, -0.2) is 77.9 Å². The summed E-state index contributed by atoms with van der Waals surface area (Å²) in [7, 11) is 0. The minimum absolute atomic E-state index is 0.148. The van der Waals surface area contributed by atoms with Gasteiger partial charge in [-0.1, -0.05) is 0 Å². The Bertz CT molecular complexity index is 448. The van der Waals surface area contributed by atoms with Gasteiger partial charge in [0.05, 0.1) is 6.54 Å². The summed E-state index contributed by atoms with van der Waals surface area (Å²) in [6, 6.07) is 0.221. The van der Waals surface area contributed by atoms with Crippen molar-refractivity contribution in [1.29, 1.82) is 0 Å². The highest BCUT2D eigenvalue weighted by Crippen LogP contribution is 2.25. The van der Waals surface area contributed by atoms with Gasteiger partial charge in [0, 0.05) is 38.8 Å². The van der Waals surface area contributed by atoms with Gasteiger partial charge in [-0.15, -0.1) is 0 Å². The number of nitrogens with zero attached hydrogens (tertiary/aromatic N) is 2. The molecule has 1 saturated heterocycles. The molecule has 7 nitrogen and oxygen atoms in total. The van der Waals surface area contributed by atoms with Gasteiger partial charge in [-0.2, -0.15) is 0 Å². The molecule has 0 bridgehead atoms. The number of ether oxygens (including phenoxy) is 1. The fourth-order valence-corrected chi connectivity index (χ4v) is 3.65. The highest BCUT2D eigenvalue weighted by Gasteiger charge is 2.27. The van der Waals surface area contributed by atoms with E-state index in [0.717, 1.165) is 58.4 Å². The molecule has 1 saturated carbocycles. The number of rotatable bonds is 5. The van der Waals surface area contributed by atoms with Crippen LogP contribution in [0.25, 0.3) is 0 Å². The predicted octanol–water partition coefficient (Wildman–Crippen LogP) is 1.77. The van der Waals surface area contributed by atoms with Crippen molar-refractivity contribution in [1.82, 2.24) is 15.1 Å². The van der Waals surface area contributed by atoms with Gasteiger partial charge in [0.1, 0.15) is 5.60 Å². The molecule has 0 radical (unpaired) electrons. The van der Waals surface area contributed by atoms with Crippen molar-refractivity contribution in [3.8, 4) is 0 Å². The van der Waals surface area contributed by atoms with E-state index in [1.165, 1.54) is 0 Å². The van der Waals surface area contributed by atoms with Crippen LogP contribution in [0.4, 0.5) is 4.79 Å². The van der Waals surface area contributed by atoms with Crippen molar-refractivity contribution in [2.24, 2.45) is 5.92 Å². The Morgan fingerprint density at radius 1 is 1.04 bits per heavy atom. The highest BCUT2D eigenvalue weighted by molar-refractivity contribution is 5.69. The molecule has 1 amide bonds. The number of hydrogen-bond acceptors (Lipinski definition) is 5. The summed E-state index contributed by atoms with van der Waals surface area (Å²) in [6.45, 7) is 10.4. The molecule has 0 aromatic rings. The van der Waals surface area contributed by atoms with Crippen LogP contribution >= 0.6 is 0 Å². The van der Waals surface area contributed by atoms with Crippen molar-refractivity contribution >= 4 is 12.1 Å². The van der Waals surface area contributed by atoms with Crippen molar-refractivity contribution in [3.63, 3.8) is 0 Å². The van der Waals surface area contributed by atoms with Crippen LogP contribution in [0.1, 0.15) is 46.5 Å². The van der Waals surface area contributed by atoms with Crippen LogP contribution < -0.4 is 5.32 Å². The van der Waals surface area contributed by atoms with Crippen LogP contribution in [0.3, 0.4) is 0 Å². The number of carbonyl (C=O) groups excluding carboxylic acids is 1. The molecule has 144 valence electrons. The molecule has 0 unspecified atom stereocenters.